The van der Waals surface area contributed by atoms with E-state index in [-0.39, 0.29) is 17.9 Å². The van der Waals surface area contributed by atoms with Crippen LogP contribution in [-0.4, -0.2) is 35.7 Å². The van der Waals surface area contributed by atoms with Crippen molar-refractivity contribution in [1.29, 1.82) is 0 Å². The van der Waals surface area contributed by atoms with Crippen LogP contribution in [0.4, 0.5) is 0 Å². The highest BCUT2D eigenvalue weighted by Gasteiger charge is 2.43. The lowest BCUT2D eigenvalue weighted by Crippen LogP contribution is -2.55. The van der Waals surface area contributed by atoms with Gasteiger partial charge >= 0.3 is 5.97 Å². The minimum absolute atomic E-state index is 0.0628. The van der Waals surface area contributed by atoms with E-state index in [9.17, 15) is 14.7 Å². The van der Waals surface area contributed by atoms with Gasteiger partial charge in [-0.1, -0.05) is 20.8 Å². The topological polar surface area (TPSA) is 75.6 Å². The van der Waals surface area contributed by atoms with Crippen LogP contribution < -0.4 is 5.32 Å². The summed E-state index contributed by atoms with van der Waals surface area (Å²) in [7, 11) is 0. The van der Waals surface area contributed by atoms with Gasteiger partial charge in [-0.25, -0.2) is 4.79 Å². The zero-order valence-corrected chi connectivity index (χ0v) is 11.4. The normalized spacial score (nSPS) is 23.9. The van der Waals surface area contributed by atoms with Gasteiger partial charge in [0, 0.05) is 19.4 Å². The third kappa shape index (κ3) is 4.29. The van der Waals surface area contributed by atoms with E-state index < -0.39 is 11.5 Å². The van der Waals surface area contributed by atoms with E-state index in [1.54, 1.807) is 0 Å². The van der Waals surface area contributed by atoms with E-state index in [2.05, 4.69) is 26.1 Å². The molecular weight excluding hydrogens is 234 g/mol. The minimum atomic E-state index is -1.21. The smallest absolute Gasteiger partial charge is 0.331 e. The van der Waals surface area contributed by atoms with Gasteiger partial charge in [0.1, 0.15) is 0 Å². The summed E-state index contributed by atoms with van der Waals surface area (Å²) in [5.74, 6) is -1.21. The lowest BCUT2D eigenvalue weighted by Gasteiger charge is -2.24. The molecular formula is C13H23NO4. The molecule has 18 heavy (non-hydrogen) atoms. The van der Waals surface area contributed by atoms with Gasteiger partial charge < -0.3 is 15.2 Å². The van der Waals surface area contributed by atoms with Crippen LogP contribution in [0.5, 0.6) is 0 Å². The van der Waals surface area contributed by atoms with Gasteiger partial charge in [-0.2, -0.15) is 0 Å². The summed E-state index contributed by atoms with van der Waals surface area (Å²) in [6.45, 7) is 6.80. The second-order valence-corrected chi connectivity index (χ2v) is 6.15. The Kier molecular flexibility index (Phi) is 4.73. The van der Waals surface area contributed by atoms with Gasteiger partial charge in [-0.05, 0) is 18.3 Å². The number of ether oxygens (including phenoxy) is 1. The van der Waals surface area contributed by atoms with E-state index in [1.807, 2.05) is 0 Å². The molecule has 1 fully saturated rings. The fourth-order valence-corrected chi connectivity index (χ4v) is 1.99. The molecule has 1 aliphatic heterocycles. The summed E-state index contributed by atoms with van der Waals surface area (Å²) in [4.78, 5) is 23.0. The average Bonchev–Trinajstić information content (AvgIpc) is 2.65. The van der Waals surface area contributed by atoms with Crippen LogP contribution in [0.2, 0.25) is 0 Å². The van der Waals surface area contributed by atoms with E-state index >= 15 is 0 Å². The molecule has 5 heteroatoms. The van der Waals surface area contributed by atoms with E-state index in [0.29, 0.717) is 19.4 Å². The maximum Gasteiger partial charge on any atom is 0.331 e. The van der Waals surface area contributed by atoms with Crippen molar-refractivity contribution in [3.63, 3.8) is 0 Å². The number of hydrogen-bond acceptors (Lipinski definition) is 3. The Hall–Kier alpha value is -1.10. The van der Waals surface area contributed by atoms with Crippen LogP contribution in [0.25, 0.3) is 0 Å². The predicted octanol–water partition coefficient (Wildman–Crippen LogP) is 1.56. The number of nitrogens with one attached hydrogen (secondary N) is 1. The molecule has 0 aromatic rings. The summed E-state index contributed by atoms with van der Waals surface area (Å²) in [5, 5.41) is 11.8. The zero-order chi connectivity index (χ0) is 13.8. The number of aliphatic carboxylic acids is 1. The standard InChI is InChI=1S/C13H23NO4/c1-12(2,3)6-4-5-10(15)14-13(11(16)17)7-8-18-9-13/h4-9H2,1-3H3,(H,14,15)(H,16,17). The monoisotopic (exact) mass is 257 g/mol. The van der Waals surface area contributed by atoms with Gasteiger partial charge in [-0.3, -0.25) is 4.79 Å². The van der Waals surface area contributed by atoms with Crippen LogP contribution >= 0.6 is 0 Å². The van der Waals surface area contributed by atoms with E-state index in [4.69, 9.17) is 4.74 Å². The average molecular weight is 257 g/mol. The quantitative estimate of drug-likeness (QED) is 0.783. The first-order valence-corrected chi connectivity index (χ1v) is 6.37. The fraction of sp³-hybridized carbons (Fsp3) is 0.846. The summed E-state index contributed by atoms with van der Waals surface area (Å²) in [5.41, 5.74) is -1.01. The highest BCUT2D eigenvalue weighted by molar-refractivity contribution is 5.87. The van der Waals surface area contributed by atoms with Crippen molar-refractivity contribution in [2.24, 2.45) is 5.41 Å². The Labute approximate surface area is 108 Å². The van der Waals surface area contributed by atoms with Crippen LogP contribution in [0.15, 0.2) is 0 Å². The molecule has 1 unspecified atom stereocenters. The maximum absolute atomic E-state index is 11.8. The first-order chi connectivity index (χ1) is 8.25. The number of carbonyl (C=O) groups excluding carboxylic acids is 1. The first kappa shape index (κ1) is 15.0. The second kappa shape index (κ2) is 5.69. The number of rotatable bonds is 5. The summed E-state index contributed by atoms with van der Waals surface area (Å²) < 4.78 is 5.09. The molecule has 1 atom stereocenters. The van der Waals surface area contributed by atoms with Gasteiger partial charge in [0.2, 0.25) is 5.91 Å². The number of carbonyl (C=O) groups is 2. The third-order valence-corrected chi connectivity index (χ3v) is 3.14. The summed E-state index contributed by atoms with van der Waals surface area (Å²) >= 11 is 0. The van der Waals surface area contributed by atoms with Crippen molar-refractivity contribution in [2.75, 3.05) is 13.2 Å². The van der Waals surface area contributed by atoms with Crippen molar-refractivity contribution < 1.29 is 19.4 Å². The molecule has 0 bridgehead atoms. The molecule has 0 aliphatic carbocycles. The van der Waals surface area contributed by atoms with Crippen molar-refractivity contribution in [3.8, 4) is 0 Å². The van der Waals surface area contributed by atoms with Gasteiger partial charge in [-0.15, -0.1) is 0 Å². The van der Waals surface area contributed by atoms with E-state index in [1.165, 1.54) is 0 Å². The summed E-state index contributed by atoms with van der Waals surface area (Å²) in [6, 6.07) is 0. The van der Waals surface area contributed by atoms with Crippen molar-refractivity contribution in [1.82, 2.24) is 5.32 Å². The molecule has 0 aromatic heterocycles. The largest absolute Gasteiger partial charge is 0.479 e. The number of hydrogen-bond donors (Lipinski definition) is 2. The second-order valence-electron chi connectivity index (χ2n) is 6.15. The highest BCUT2D eigenvalue weighted by atomic mass is 16.5. The highest BCUT2D eigenvalue weighted by Crippen LogP contribution is 2.22. The molecule has 0 saturated carbocycles. The minimum Gasteiger partial charge on any atom is -0.479 e. The van der Waals surface area contributed by atoms with Crippen molar-refractivity contribution in [3.05, 3.63) is 0 Å². The zero-order valence-electron chi connectivity index (χ0n) is 11.4. The Morgan fingerprint density at radius 2 is 2.06 bits per heavy atom. The van der Waals surface area contributed by atoms with Crippen LogP contribution in [-0.2, 0) is 14.3 Å². The van der Waals surface area contributed by atoms with Gasteiger partial charge in [0.15, 0.2) is 5.54 Å². The number of carboxylic acids is 1. The van der Waals surface area contributed by atoms with Gasteiger partial charge in [0.05, 0.1) is 6.61 Å². The van der Waals surface area contributed by atoms with Crippen LogP contribution in [0, 0.1) is 5.41 Å². The lowest BCUT2D eigenvalue weighted by molar-refractivity contribution is -0.147. The molecule has 1 amide bonds. The van der Waals surface area contributed by atoms with E-state index in [0.717, 1.165) is 12.8 Å². The molecule has 1 saturated heterocycles. The molecule has 0 aromatic carbocycles. The third-order valence-electron chi connectivity index (χ3n) is 3.14. The first-order valence-electron chi connectivity index (χ1n) is 6.37. The number of amides is 1. The molecule has 104 valence electrons. The Balaban J connectivity index is 2.41. The molecule has 1 heterocycles. The van der Waals surface area contributed by atoms with Crippen molar-refractivity contribution >= 4 is 11.9 Å². The Bertz CT molecular complexity index is 313. The molecule has 0 spiro atoms. The van der Waals surface area contributed by atoms with Crippen LogP contribution in [0.1, 0.15) is 46.5 Å². The molecule has 0 radical (unpaired) electrons. The molecule has 5 nitrogen and oxygen atoms in total. The predicted molar refractivity (Wildman–Crippen MR) is 67.3 cm³/mol. The SMILES string of the molecule is CC(C)(C)CCCC(=O)NC1(C(=O)O)CCOC1. The number of carboxylic acid groups (broad SMARTS) is 1. The Morgan fingerprint density at radius 3 is 2.50 bits per heavy atom. The van der Waals surface area contributed by atoms with Crippen LogP contribution in [0.3, 0.4) is 0 Å². The fourth-order valence-electron chi connectivity index (χ4n) is 1.99. The van der Waals surface area contributed by atoms with Crippen molar-refractivity contribution in [2.45, 2.75) is 52.0 Å². The van der Waals surface area contributed by atoms with Gasteiger partial charge in [0.25, 0.3) is 0 Å². The molecule has 2 N–H and O–H groups in total. The maximum atomic E-state index is 11.8. The molecule has 1 aliphatic rings. The Morgan fingerprint density at radius 1 is 1.39 bits per heavy atom. The summed E-state index contributed by atoms with van der Waals surface area (Å²) in [6.07, 6.45) is 2.42. The lowest BCUT2D eigenvalue weighted by atomic mass is 9.89. The molecule has 1 rings (SSSR count).